The number of rotatable bonds is 4. The second-order valence-electron chi connectivity index (χ2n) is 4.06. The summed E-state index contributed by atoms with van der Waals surface area (Å²) >= 11 is 7.11. The number of nitrogens with zero attached hydrogens (tertiary/aromatic N) is 1. The molecule has 1 unspecified atom stereocenters. The number of amides is 1. The third-order valence-electron chi connectivity index (χ3n) is 2.79. The van der Waals surface area contributed by atoms with E-state index in [1.807, 2.05) is 11.8 Å². The molecule has 1 atom stereocenters. The van der Waals surface area contributed by atoms with Gasteiger partial charge in [-0.05, 0) is 34.5 Å². The van der Waals surface area contributed by atoms with Crippen LogP contribution >= 0.6 is 39.0 Å². The van der Waals surface area contributed by atoms with Gasteiger partial charge >= 0.3 is 0 Å². The monoisotopic (exact) mass is 333 g/mol. The lowest BCUT2D eigenvalue weighted by atomic mass is 10.2. The van der Waals surface area contributed by atoms with E-state index in [1.165, 1.54) is 4.88 Å². The molecule has 2 nitrogen and oxygen atoms in total. The lowest BCUT2D eigenvalue weighted by Crippen LogP contribution is -2.37. The van der Waals surface area contributed by atoms with E-state index in [0.717, 1.165) is 28.9 Å². The SMILES string of the molecule is CCCCN1C(=O)CCSC1c1ccc(Br)s1. The van der Waals surface area contributed by atoms with Crippen LogP contribution in [0.3, 0.4) is 0 Å². The first-order valence-electron chi connectivity index (χ1n) is 5.88. The molecule has 0 bridgehead atoms. The molecule has 1 saturated heterocycles. The van der Waals surface area contributed by atoms with Crippen LogP contribution < -0.4 is 0 Å². The van der Waals surface area contributed by atoms with Gasteiger partial charge in [-0.25, -0.2) is 0 Å². The van der Waals surface area contributed by atoms with Crippen LogP contribution in [0.1, 0.15) is 36.4 Å². The molecular weight excluding hydrogens is 318 g/mol. The van der Waals surface area contributed by atoms with E-state index in [2.05, 4.69) is 39.9 Å². The summed E-state index contributed by atoms with van der Waals surface area (Å²) in [4.78, 5) is 15.3. The fourth-order valence-electron chi connectivity index (χ4n) is 1.89. The Morgan fingerprint density at radius 2 is 2.35 bits per heavy atom. The summed E-state index contributed by atoms with van der Waals surface area (Å²) in [7, 11) is 0. The zero-order chi connectivity index (χ0) is 12.3. The smallest absolute Gasteiger partial charge is 0.224 e. The van der Waals surface area contributed by atoms with Crippen molar-refractivity contribution in [1.29, 1.82) is 0 Å². The molecule has 0 aliphatic carbocycles. The minimum absolute atomic E-state index is 0.235. The first kappa shape index (κ1) is 13.4. The Morgan fingerprint density at radius 1 is 1.53 bits per heavy atom. The Hall–Kier alpha value is -0.0000000000000000833. The van der Waals surface area contributed by atoms with Gasteiger partial charge in [0.2, 0.25) is 5.91 Å². The Morgan fingerprint density at radius 3 is 3.00 bits per heavy atom. The normalized spacial score (nSPS) is 20.9. The summed E-state index contributed by atoms with van der Waals surface area (Å²) < 4.78 is 1.14. The van der Waals surface area contributed by atoms with Crippen molar-refractivity contribution < 1.29 is 4.79 Å². The lowest BCUT2D eigenvalue weighted by molar-refractivity contribution is -0.132. The van der Waals surface area contributed by atoms with Crippen molar-refractivity contribution in [3.05, 3.63) is 20.8 Å². The van der Waals surface area contributed by atoms with Gasteiger partial charge in [0, 0.05) is 23.6 Å². The predicted octanol–water partition coefficient (Wildman–Crippen LogP) is 4.27. The average Bonchev–Trinajstić information content (AvgIpc) is 2.74. The molecule has 5 heteroatoms. The highest BCUT2D eigenvalue weighted by Gasteiger charge is 2.30. The molecule has 1 aliphatic rings. The number of carbonyl (C=O) groups is 1. The molecule has 1 aromatic heterocycles. The van der Waals surface area contributed by atoms with Gasteiger partial charge in [0.25, 0.3) is 0 Å². The van der Waals surface area contributed by atoms with Crippen molar-refractivity contribution in [3.63, 3.8) is 0 Å². The number of carbonyl (C=O) groups excluding carboxylic acids is 1. The third-order valence-corrected chi connectivity index (χ3v) is 5.87. The molecule has 0 N–H and O–H groups in total. The van der Waals surface area contributed by atoms with Gasteiger partial charge in [0.15, 0.2) is 0 Å². The van der Waals surface area contributed by atoms with E-state index < -0.39 is 0 Å². The van der Waals surface area contributed by atoms with Crippen molar-refractivity contribution in [2.45, 2.75) is 31.6 Å². The minimum atomic E-state index is 0.235. The molecule has 1 aromatic rings. The molecule has 1 amide bonds. The average molecular weight is 334 g/mol. The Balaban J connectivity index is 2.14. The molecule has 0 aromatic carbocycles. The van der Waals surface area contributed by atoms with E-state index in [9.17, 15) is 4.79 Å². The Kier molecular flexibility index (Phi) is 4.94. The van der Waals surface area contributed by atoms with Crippen molar-refractivity contribution in [2.24, 2.45) is 0 Å². The summed E-state index contributed by atoms with van der Waals surface area (Å²) in [5, 5.41) is 0.235. The van der Waals surface area contributed by atoms with E-state index >= 15 is 0 Å². The molecule has 0 radical (unpaired) electrons. The maximum Gasteiger partial charge on any atom is 0.224 e. The van der Waals surface area contributed by atoms with Crippen molar-refractivity contribution in [2.75, 3.05) is 12.3 Å². The molecule has 1 fully saturated rings. The van der Waals surface area contributed by atoms with Gasteiger partial charge in [-0.3, -0.25) is 4.79 Å². The zero-order valence-electron chi connectivity index (χ0n) is 9.82. The Bertz CT molecular complexity index is 394. The highest BCUT2D eigenvalue weighted by atomic mass is 79.9. The van der Waals surface area contributed by atoms with Crippen LogP contribution in [0.15, 0.2) is 15.9 Å². The second kappa shape index (κ2) is 6.25. The van der Waals surface area contributed by atoms with Gasteiger partial charge in [0.1, 0.15) is 5.37 Å². The molecule has 17 heavy (non-hydrogen) atoms. The van der Waals surface area contributed by atoms with Crippen molar-refractivity contribution in [3.8, 4) is 0 Å². The fourth-order valence-corrected chi connectivity index (χ4v) is 4.82. The van der Waals surface area contributed by atoms with Gasteiger partial charge in [-0.15, -0.1) is 23.1 Å². The fraction of sp³-hybridized carbons (Fsp3) is 0.583. The molecule has 94 valence electrons. The van der Waals surface area contributed by atoms with Gasteiger partial charge < -0.3 is 4.90 Å². The van der Waals surface area contributed by atoms with Crippen molar-refractivity contribution in [1.82, 2.24) is 4.90 Å². The largest absolute Gasteiger partial charge is 0.326 e. The van der Waals surface area contributed by atoms with E-state index in [4.69, 9.17) is 0 Å². The van der Waals surface area contributed by atoms with Crippen LogP contribution in [0.2, 0.25) is 0 Å². The maximum absolute atomic E-state index is 12.0. The predicted molar refractivity (Wildman–Crippen MR) is 78.5 cm³/mol. The Labute approximate surface area is 119 Å². The third kappa shape index (κ3) is 3.26. The number of hydrogen-bond donors (Lipinski definition) is 0. The zero-order valence-corrected chi connectivity index (χ0v) is 13.0. The summed E-state index contributed by atoms with van der Waals surface area (Å²) in [5.74, 6) is 1.26. The summed E-state index contributed by atoms with van der Waals surface area (Å²) in [6.45, 7) is 3.06. The molecule has 0 spiro atoms. The highest BCUT2D eigenvalue weighted by Crippen LogP contribution is 2.41. The summed E-state index contributed by atoms with van der Waals surface area (Å²) in [6, 6.07) is 4.20. The van der Waals surface area contributed by atoms with Gasteiger partial charge in [-0.2, -0.15) is 0 Å². The number of unbranched alkanes of at least 4 members (excludes halogenated alkanes) is 1. The summed E-state index contributed by atoms with van der Waals surface area (Å²) in [5.41, 5.74) is 0. The van der Waals surface area contributed by atoms with Crippen LogP contribution in [0.5, 0.6) is 0 Å². The number of thioether (sulfide) groups is 1. The van der Waals surface area contributed by atoms with Crippen LogP contribution in [0.25, 0.3) is 0 Å². The van der Waals surface area contributed by atoms with Crippen molar-refractivity contribution >= 4 is 44.9 Å². The van der Waals surface area contributed by atoms with Crippen LogP contribution in [0.4, 0.5) is 0 Å². The maximum atomic E-state index is 12.0. The quantitative estimate of drug-likeness (QED) is 0.819. The molecule has 1 aliphatic heterocycles. The lowest BCUT2D eigenvalue weighted by Gasteiger charge is -2.34. The van der Waals surface area contributed by atoms with E-state index in [1.54, 1.807) is 11.3 Å². The molecule has 2 heterocycles. The second-order valence-corrected chi connectivity index (χ2v) is 7.74. The molecule has 0 saturated carbocycles. The summed E-state index contributed by atoms with van der Waals surface area (Å²) in [6.07, 6.45) is 2.92. The topological polar surface area (TPSA) is 20.3 Å². The van der Waals surface area contributed by atoms with Gasteiger partial charge in [0.05, 0.1) is 3.79 Å². The first-order chi connectivity index (χ1) is 8.22. The standard InChI is InChI=1S/C12H16BrNOS2/c1-2-3-7-14-11(15)6-8-16-12(14)9-4-5-10(13)17-9/h4-5,12H,2-3,6-8H2,1H3. The van der Waals surface area contributed by atoms with E-state index in [-0.39, 0.29) is 5.37 Å². The molecule has 2 rings (SSSR count). The number of thiophene rings is 1. The van der Waals surface area contributed by atoms with E-state index in [0.29, 0.717) is 12.3 Å². The van der Waals surface area contributed by atoms with Crippen LogP contribution in [-0.2, 0) is 4.79 Å². The molecular formula is C12H16BrNOS2. The highest BCUT2D eigenvalue weighted by molar-refractivity contribution is 9.11. The van der Waals surface area contributed by atoms with Crippen LogP contribution in [-0.4, -0.2) is 23.1 Å². The first-order valence-corrected chi connectivity index (χ1v) is 8.54. The minimum Gasteiger partial charge on any atom is -0.326 e. The number of halogens is 1. The van der Waals surface area contributed by atoms with Gasteiger partial charge in [-0.1, -0.05) is 13.3 Å². The van der Waals surface area contributed by atoms with Crippen LogP contribution in [0, 0.1) is 0 Å². The number of hydrogen-bond acceptors (Lipinski definition) is 3.